The van der Waals surface area contributed by atoms with E-state index in [1.54, 1.807) is 7.11 Å². The molecule has 1 aliphatic rings. The van der Waals surface area contributed by atoms with Crippen LogP contribution in [0.3, 0.4) is 0 Å². The molecule has 0 bridgehead atoms. The number of nitrogens with one attached hydrogen (secondary N) is 1. The highest BCUT2D eigenvalue weighted by Crippen LogP contribution is 2.31. The van der Waals surface area contributed by atoms with Gasteiger partial charge in [0, 0.05) is 43.2 Å². The summed E-state index contributed by atoms with van der Waals surface area (Å²) in [5.41, 5.74) is 4.36. The molecule has 2 aromatic rings. The lowest BCUT2D eigenvalue weighted by molar-refractivity contribution is 0.415. The van der Waals surface area contributed by atoms with E-state index in [9.17, 15) is 0 Å². The molecule has 0 saturated carbocycles. The third-order valence-electron chi connectivity index (χ3n) is 4.32. The lowest BCUT2D eigenvalue weighted by Crippen LogP contribution is -2.24. The molecule has 0 saturated heterocycles. The maximum Gasteiger partial charge on any atom is 0.120 e. The van der Waals surface area contributed by atoms with Gasteiger partial charge in [-0.05, 0) is 24.1 Å². The van der Waals surface area contributed by atoms with Crippen molar-refractivity contribution in [3.05, 3.63) is 29.5 Å². The van der Waals surface area contributed by atoms with Crippen LogP contribution in [0, 0.1) is 0 Å². The molecule has 1 aliphatic heterocycles. The standard InChI is InChI=1S/C17H24N2O/c1-3-4-5-10-19-16-8-9-18-12-15(16)14-7-6-13(20-2)11-17(14)19/h6-7,11,18H,3-5,8-10,12H2,1-2H3. The summed E-state index contributed by atoms with van der Waals surface area (Å²) in [6, 6.07) is 6.49. The molecule has 0 amide bonds. The lowest BCUT2D eigenvalue weighted by atomic mass is 10.1. The molecule has 2 heterocycles. The normalized spacial score (nSPS) is 14.5. The van der Waals surface area contributed by atoms with Crippen LogP contribution >= 0.6 is 0 Å². The molecule has 3 rings (SSSR count). The molecular formula is C17H24N2O. The Labute approximate surface area is 120 Å². The van der Waals surface area contributed by atoms with Crippen LogP contribution in [0.15, 0.2) is 18.2 Å². The van der Waals surface area contributed by atoms with Gasteiger partial charge in [0.25, 0.3) is 0 Å². The topological polar surface area (TPSA) is 26.2 Å². The summed E-state index contributed by atoms with van der Waals surface area (Å²) >= 11 is 0. The van der Waals surface area contributed by atoms with E-state index in [0.717, 1.165) is 31.8 Å². The minimum Gasteiger partial charge on any atom is -0.497 e. The van der Waals surface area contributed by atoms with Crippen LogP contribution in [0.5, 0.6) is 5.75 Å². The van der Waals surface area contributed by atoms with Crippen LogP contribution in [0.1, 0.15) is 37.4 Å². The van der Waals surface area contributed by atoms with Gasteiger partial charge in [-0.25, -0.2) is 0 Å². The van der Waals surface area contributed by atoms with E-state index in [-0.39, 0.29) is 0 Å². The molecule has 108 valence electrons. The minimum atomic E-state index is 0.956. The fraction of sp³-hybridized carbons (Fsp3) is 0.529. The molecule has 1 N–H and O–H groups in total. The molecular weight excluding hydrogens is 248 g/mol. The van der Waals surface area contributed by atoms with Gasteiger partial charge in [0.05, 0.1) is 12.6 Å². The zero-order chi connectivity index (χ0) is 13.9. The highest BCUT2D eigenvalue weighted by molar-refractivity contribution is 5.87. The molecule has 1 aromatic heterocycles. The van der Waals surface area contributed by atoms with Crippen molar-refractivity contribution in [3.63, 3.8) is 0 Å². The second-order valence-corrected chi connectivity index (χ2v) is 5.59. The number of aromatic nitrogens is 1. The first kappa shape index (κ1) is 13.5. The number of hydrogen-bond donors (Lipinski definition) is 1. The van der Waals surface area contributed by atoms with Crippen LogP contribution in [0.25, 0.3) is 10.9 Å². The molecule has 3 nitrogen and oxygen atoms in total. The number of nitrogens with zero attached hydrogens (tertiary/aromatic N) is 1. The van der Waals surface area contributed by atoms with E-state index >= 15 is 0 Å². The number of methoxy groups -OCH3 is 1. The fourth-order valence-corrected chi connectivity index (χ4v) is 3.26. The Morgan fingerprint density at radius 3 is 3.00 bits per heavy atom. The molecule has 0 fully saturated rings. The van der Waals surface area contributed by atoms with Gasteiger partial charge in [-0.1, -0.05) is 19.8 Å². The summed E-state index contributed by atoms with van der Waals surface area (Å²) in [5, 5.41) is 4.89. The predicted molar refractivity (Wildman–Crippen MR) is 83.4 cm³/mol. The Bertz CT molecular complexity index is 601. The van der Waals surface area contributed by atoms with Gasteiger partial charge in [0.2, 0.25) is 0 Å². The Kier molecular flexibility index (Phi) is 3.97. The molecule has 0 atom stereocenters. The van der Waals surface area contributed by atoms with Crippen LogP contribution in [0.4, 0.5) is 0 Å². The SMILES string of the molecule is CCCCCn1c2c(c3ccc(OC)cc31)CNCC2. The summed E-state index contributed by atoms with van der Waals surface area (Å²) in [4.78, 5) is 0. The highest BCUT2D eigenvalue weighted by Gasteiger charge is 2.19. The number of ether oxygens (including phenoxy) is 1. The quantitative estimate of drug-likeness (QED) is 0.843. The van der Waals surface area contributed by atoms with Crippen molar-refractivity contribution < 1.29 is 4.74 Å². The van der Waals surface area contributed by atoms with Crippen LogP contribution < -0.4 is 10.1 Å². The second-order valence-electron chi connectivity index (χ2n) is 5.59. The van der Waals surface area contributed by atoms with Crippen molar-refractivity contribution in [2.45, 2.75) is 45.7 Å². The molecule has 0 spiro atoms. The van der Waals surface area contributed by atoms with Gasteiger partial charge < -0.3 is 14.6 Å². The van der Waals surface area contributed by atoms with Gasteiger partial charge >= 0.3 is 0 Å². The van der Waals surface area contributed by atoms with Gasteiger partial charge in [-0.15, -0.1) is 0 Å². The van der Waals surface area contributed by atoms with E-state index in [1.165, 1.54) is 41.4 Å². The smallest absolute Gasteiger partial charge is 0.120 e. The zero-order valence-electron chi connectivity index (χ0n) is 12.5. The van der Waals surface area contributed by atoms with Gasteiger partial charge in [-0.3, -0.25) is 0 Å². The lowest BCUT2D eigenvalue weighted by Gasteiger charge is -2.17. The molecule has 0 unspecified atom stereocenters. The minimum absolute atomic E-state index is 0.956. The van der Waals surface area contributed by atoms with Crippen LogP contribution in [-0.4, -0.2) is 18.2 Å². The van der Waals surface area contributed by atoms with Gasteiger partial charge in [0.15, 0.2) is 0 Å². The summed E-state index contributed by atoms with van der Waals surface area (Å²) in [5.74, 6) is 0.956. The molecule has 3 heteroatoms. The first-order valence-electron chi connectivity index (χ1n) is 7.74. The summed E-state index contributed by atoms with van der Waals surface area (Å²) in [7, 11) is 1.74. The second kappa shape index (κ2) is 5.88. The maximum atomic E-state index is 5.41. The number of rotatable bonds is 5. The predicted octanol–water partition coefficient (Wildman–Crippen LogP) is 3.49. The molecule has 1 aromatic carbocycles. The van der Waals surface area contributed by atoms with Crippen molar-refractivity contribution in [2.75, 3.05) is 13.7 Å². The first-order valence-corrected chi connectivity index (χ1v) is 7.74. The third-order valence-corrected chi connectivity index (χ3v) is 4.32. The van der Waals surface area contributed by atoms with E-state index < -0.39 is 0 Å². The van der Waals surface area contributed by atoms with E-state index in [0.29, 0.717) is 0 Å². The summed E-state index contributed by atoms with van der Waals surface area (Å²) in [6.45, 7) is 5.48. The summed E-state index contributed by atoms with van der Waals surface area (Å²) in [6.07, 6.45) is 4.97. The van der Waals surface area contributed by atoms with E-state index in [2.05, 4.69) is 35.0 Å². The van der Waals surface area contributed by atoms with Crippen molar-refractivity contribution in [3.8, 4) is 5.75 Å². The zero-order valence-corrected chi connectivity index (χ0v) is 12.5. The van der Waals surface area contributed by atoms with Crippen molar-refractivity contribution in [1.29, 1.82) is 0 Å². The third kappa shape index (κ3) is 2.31. The number of benzene rings is 1. The van der Waals surface area contributed by atoms with E-state index in [1.807, 2.05) is 0 Å². The van der Waals surface area contributed by atoms with Gasteiger partial charge in [-0.2, -0.15) is 0 Å². The Morgan fingerprint density at radius 1 is 1.30 bits per heavy atom. The van der Waals surface area contributed by atoms with Crippen molar-refractivity contribution in [1.82, 2.24) is 9.88 Å². The van der Waals surface area contributed by atoms with Crippen LogP contribution in [0.2, 0.25) is 0 Å². The van der Waals surface area contributed by atoms with Crippen molar-refractivity contribution >= 4 is 10.9 Å². The molecule has 0 radical (unpaired) electrons. The van der Waals surface area contributed by atoms with E-state index in [4.69, 9.17) is 4.74 Å². The number of hydrogen-bond acceptors (Lipinski definition) is 2. The maximum absolute atomic E-state index is 5.41. The Balaban J connectivity index is 2.08. The molecule has 20 heavy (non-hydrogen) atoms. The van der Waals surface area contributed by atoms with Gasteiger partial charge in [0.1, 0.15) is 5.75 Å². The average Bonchev–Trinajstić information content (AvgIpc) is 2.81. The monoisotopic (exact) mass is 272 g/mol. The fourth-order valence-electron chi connectivity index (χ4n) is 3.26. The largest absolute Gasteiger partial charge is 0.497 e. The number of unbranched alkanes of at least 4 members (excludes halogenated alkanes) is 2. The average molecular weight is 272 g/mol. The Hall–Kier alpha value is -1.48. The first-order chi connectivity index (χ1) is 9.85. The summed E-state index contributed by atoms with van der Waals surface area (Å²) < 4.78 is 7.94. The molecule has 0 aliphatic carbocycles. The number of aryl methyl sites for hydroxylation is 1. The van der Waals surface area contributed by atoms with Crippen LogP contribution in [-0.2, 0) is 19.5 Å². The van der Waals surface area contributed by atoms with Crippen molar-refractivity contribution in [2.24, 2.45) is 0 Å². The highest BCUT2D eigenvalue weighted by atomic mass is 16.5. The Morgan fingerprint density at radius 2 is 2.20 bits per heavy atom. The number of fused-ring (bicyclic) bond motifs is 3.